The molecule has 0 aliphatic rings. The van der Waals surface area contributed by atoms with Crippen molar-refractivity contribution in [3.63, 3.8) is 0 Å². The Hall–Kier alpha value is -3.48. The second kappa shape index (κ2) is 5.96. The lowest BCUT2D eigenvalue weighted by atomic mass is 10.1. The molecule has 3 rings (SSSR count). The fourth-order valence-corrected chi connectivity index (χ4v) is 2.51. The van der Waals surface area contributed by atoms with E-state index in [1.807, 2.05) is 0 Å². The van der Waals surface area contributed by atoms with Crippen molar-refractivity contribution in [2.45, 2.75) is 6.42 Å². The minimum Gasteiger partial charge on any atom is -0.481 e. The molecule has 0 spiro atoms. The number of hydrogen-bond acceptors (Lipinski definition) is 5. The largest absolute Gasteiger partial charge is 0.481 e. The number of fused-ring (bicyclic) bond motifs is 1. The van der Waals surface area contributed by atoms with E-state index < -0.39 is 16.3 Å². The Labute approximate surface area is 134 Å². The lowest BCUT2D eigenvalue weighted by Gasteiger charge is -2.07. The first-order valence-electron chi connectivity index (χ1n) is 6.98. The highest BCUT2D eigenvalue weighted by molar-refractivity contribution is 5.85. The quantitative estimate of drug-likeness (QED) is 0.583. The number of carboxylic acid groups (broad SMARTS) is 1. The molecule has 0 bridgehead atoms. The molecule has 0 unspecified atom stereocenters. The van der Waals surface area contributed by atoms with Crippen LogP contribution < -0.4 is 5.43 Å². The summed E-state index contributed by atoms with van der Waals surface area (Å²) in [5.41, 5.74) is 0.0251. The number of nitrogens with zero attached hydrogens (tertiary/aromatic N) is 1. The van der Waals surface area contributed by atoms with Crippen molar-refractivity contribution in [3.05, 3.63) is 74.4 Å². The highest BCUT2D eigenvalue weighted by Gasteiger charge is 2.19. The van der Waals surface area contributed by atoms with Crippen LogP contribution in [0.5, 0.6) is 0 Å². The van der Waals surface area contributed by atoms with Crippen molar-refractivity contribution < 1.29 is 19.2 Å². The zero-order valence-electron chi connectivity index (χ0n) is 12.3. The molecule has 7 nitrogen and oxygen atoms in total. The molecule has 1 aromatic heterocycles. The van der Waals surface area contributed by atoms with Crippen molar-refractivity contribution in [1.29, 1.82) is 0 Å². The number of rotatable bonds is 4. The van der Waals surface area contributed by atoms with Crippen LogP contribution in [0.3, 0.4) is 0 Å². The SMILES string of the molecule is O=C(O)Cc1cccc2c(=O)cc(-c3ccccc3[N+](=O)[O-])oc12. The van der Waals surface area contributed by atoms with E-state index in [2.05, 4.69) is 0 Å². The van der Waals surface area contributed by atoms with Gasteiger partial charge in [-0.3, -0.25) is 19.7 Å². The fraction of sp³-hybridized carbons (Fsp3) is 0.0588. The van der Waals surface area contributed by atoms with E-state index >= 15 is 0 Å². The summed E-state index contributed by atoms with van der Waals surface area (Å²) in [5, 5.41) is 20.4. The van der Waals surface area contributed by atoms with Gasteiger partial charge in [-0.25, -0.2) is 0 Å². The summed E-state index contributed by atoms with van der Waals surface area (Å²) in [6.07, 6.45) is -0.319. The van der Waals surface area contributed by atoms with Crippen molar-refractivity contribution in [2.75, 3.05) is 0 Å². The molecule has 120 valence electrons. The number of nitro benzene ring substituents is 1. The molecule has 0 aliphatic heterocycles. The topological polar surface area (TPSA) is 111 Å². The van der Waals surface area contributed by atoms with Crippen LogP contribution in [-0.2, 0) is 11.2 Å². The summed E-state index contributed by atoms with van der Waals surface area (Å²) in [6.45, 7) is 0. The summed E-state index contributed by atoms with van der Waals surface area (Å²) in [7, 11) is 0. The Morgan fingerprint density at radius 3 is 2.62 bits per heavy atom. The van der Waals surface area contributed by atoms with E-state index in [9.17, 15) is 19.7 Å². The Morgan fingerprint density at radius 2 is 1.92 bits per heavy atom. The predicted molar refractivity (Wildman–Crippen MR) is 85.9 cm³/mol. The van der Waals surface area contributed by atoms with Gasteiger partial charge in [0.1, 0.15) is 11.3 Å². The number of nitro groups is 1. The standard InChI is InChI=1S/C17H11NO6/c19-14-9-15(11-5-1-2-7-13(11)18(22)23)24-17-10(8-16(20)21)4-3-6-12(14)17/h1-7,9H,8H2,(H,20,21). The van der Waals surface area contributed by atoms with Crippen molar-refractivity contribution in [3.8, 4) is 11.3 Å². The molecule has 0 aliphatic carbocycles. The minimum absolute atomic E-state index is 0.0256. The van der Waals surface area contributed by atoms with Crippen LogP contribution in [0.15, 0.2) is 57.7 Å². The zero-order valence-corrected chi connectivity index (χ0v) is 12.3. The van der Waals surface area contributed by atoms with Crippen LogP contribution >= 0.6 is 0 Å². The van der Waals surface area contributed by atoms with Gasteiger partial charge in [0.05, 0.1) is 22.3 Å². The van der Waals surface area contributed by atoms with E-state index in [1.165, 1.54) is 30.3 Å². The number of aliphatic carboxylic acids is 1. The van der Waals surface area contributed by atoms with Crippen molar-refractivity contribution in [2.24, 2.45) is 0 Å². The predicted octanol–water partition coefficient (Wildman–Crippen LogP) is 3.00. The second-order valence-electron chi connectivity index (χ2n) is 5.11. The normalized spacial score (nSPS) is 10.7. The molecule has 7 heteroatoms. The average molecular weight is 325 g/mol. The highest BCUT2D eigenvalue weighted by Crippen LogP contribution is 2.31. The maximum Gasteiger partial charge on any atom is 0.307 e. The monoisotopic (exact) mass is 325 g/mol. The summed E-state index contributed by atoms with van der Waals surface area (Å²) >= 11 is 0. The van der Waals surface area contributed by atoms with Gasteiger partial charge in [-0.05, 0) is 12.1 Å². The van der Waals surface area contributed by atoms with E-state index in [4.69, 9.17) is 9.52 Å². The van der Waals surface area contributed by atoms with E-state index in [-0.39, 0.29) is 34.4 Å². The Balaban J connectivity index is 2.30. The third kappa shape index (κ3) is 2.74. The fourth-order valence-electron chi connectivity index (χ4n) is 2.51. The number of para-hydroxylation sites is 2. The summed E-state index contributed by atoms with van der Waals surface area (Å²) in [4.78, 5) is 33.9. The minimum atomic E-state index is -1.07. The van der Waals surface area contributed by atoms with Crippen molar-refractivity contribution in [1.82, 2.24) is 0 Å². The van der Waals surface area contributed by atoms with Gasteiger partial charge in [-0.15, -0.1) is 0 Å². The van der Waals surface area contributed by atoms with Gasteiger partial charge in [0.2, 0.25) is 0 Å². The van der Waals surface area contributed by atoms with Gasteiger partial charge in [-0.1, -0.05) is 24.3 Å². The molecule has 2 aromatic carbocycles. The van der Waals surface area contributed by atoms with Gasteiger partial charge in [0, 0.05) is 17.7 Å². The number of benzene rings is 2. The van der Waals surface area contributed by atoms with Crippen molar-refractivity contribution >= 4 is 22.6 Å². The lowest BCUT2D eigenvalue weighted by molar-refractivity contribution is -0.384. The molecule has 0 saturated carbocycles. The Bertz CT molecular complexity index is 1020. The number of carbonyl (C=O) groups is 1. The smallest absolute Gasteiger partial charge is 0.307 e. The Kier molecular flexibility index (Phi) is 3.83. The van der Waals surface area contributed by atoms with Gasteiger partial charge in [-0.2, -0.15) is 0 Å². The third-order valence-corrected chi connectivity index (χ3v) is 3.54. The third-order valence-electron chi connectivity index (χ3n) is 3.54. The van der Waals surface area contributed by atoms with E-state index in [1.54, 1.807) is 18.2 Å². The van der Waals surface area contributed by atoms with E-state index in [0.717, 1.165) is 0 Å². The lowest BCUT2D eigenvalue weighted by Crippen LogP contribution is -2.05. The van der Waals surface area contributed by atoms with E-state index in [0.29, 0.717) is 5.56 Å². The van der Waals surface area contributed by atoms with Crippen LogP contribution in [0.4, 0.5) is 5.69 Å². The molecule has 24 heavy (non-hydrogen) atoms. The van der Waals surface area contributed by atoms with Gasteiger partial charge in [0.15, 0.2) is 5.43 Å². The van der Waals surface area contributed by atoms with Gasteiger partial charge in [0.25, 0.3) is 5.69 Å². The molecule has 0 saturated heterocycles. The molecular weight excluding hydrogens is 314 g/mol. The molecule has 0 fully saturated rings. The highest BCUT2D eigenvalue weighted by atomic mass is 16.6. The van der Waals surface area contributed by atoms with Gasteiger partial charge < -0.3 is 9.52 Å². The maximum atomic E-state index is 12.3. The number of carboxylic acids is 1. The summed E-state index contributed by atoms with van der Waals surface area (Å²) in [5.74, 6) is -1.04. The molecule has 1 N–H and O–H groups in total. The first-order valence-corrected chi connectivity index (χ1v) is 6.98. The zero-order chi connectivity index (χ0) is 17.3. The summed E-state index contributed by atoms with van der Waals surface area (Å²) in [6, 6.07) is 11.7. The van der Waals surface area contributed by atoms with Crippen LogP contribution in [0.25, 0.3) is 22.3 Å². The van der Waals surface area contributed by atoms with Crippen LogP contribution in [0, 0.1) is 10.1 Å². The first kappa shape index (κ1) is 15.4. The number of hydrogen-bond donors (Lipinski definition) is 1. The summed E-state index contributed by atoms with van der Waals surface area (Å²) < 4.78 is 5.68. The molecule has 3 aromatic rings. The molecular formula is C17H11NO6. The molecule has 0 radical (unpaired) electrons. The van der Waals surface area contributed by atoms with Crippen LogP contribution in [0.2, 0.25) is 0 Å². The molecule has 0 amide bonds. The Morgan fingerprint density at radius 1 is 1.17 bits per heavy atom. The van der Waals surface area contributed by atoms with Gasteiger partial charge >= 0.3 is 5.97 Å². The molecule has 0 atom stereocenters. The first-order chi connectivity index (χ1) is 11.5. The average Bonchev–Trinajstić information content (AvgIpc) is 2.55. The maximum absolute atomic E-state index is 12.3. The molecule has 1 heterocycles. The second-order valence-corrected chi connectivity index (χ2v) is 5.11. The van der Waals surface area contributed by atoms with Crippen LogP contribution in [-0.4, -0.2) is 16.0 Å². The van der Waals surface area contributed by atoms with Crippen LogP contribution in [0.1, 0.15) is 5.56 Å².